The van der Waals surface area contributed by atoms with Gasteiger partial charge in [-0.05, 0) is 62.2 Å². The average molecular weight is 397 g/mol. The third-order valence-electron chi connectivity index (χ3n) is 4.10. The van der Waals surface area contributed by atoms with E-state index in [1.165, 1.54) is 7.11 Å². The molecule has 0 atom stereocenters. The third-order valence-corrected chi connectivity index (χ3v) is 4.40. The Kier molecular flexibility index (Phi) is 5.80. The van der Waals surface area contributed by atoms with Crippen LogP contribution in [0.1, 0.15) is 27.2 Å². The molecule has 1 aromatic heterocycles. The number of nitrogens with zero attached hydrogens (tertiary/aromatic N) is 2. The maximum absolute atomic E-state index is 11.5. The standard InChI is InChI=1S/C21H21ClN4O2/c1-12-9-13(2)19(17(22)10-12)26-21-23-14(3)11-18(25-21)24-16-7-5-15(6-8-16)20(27)28-4/h5-11H,1-4H3,(H2,23,24,25,26). The van der Waals surface area contributed by atoms with Crippen LogP contribution in [-0.2, 0) is 4.74 Å². The van der Waals surface area contributed by atoms with Gasteiger partial charge in [0.25, 0.3) is 0 Å². The van der Waals surface area contributed by atoms with Crippen LogP contribution >= 0.6 is 11.6 Å². The summed E-state index contributed by atoms with van der Waals surface area (Å²) < 4.78 is 4.71. The van der Waals surface area contributed by atoms with E-state index < -0.39 is 0 Å². The van der Waals surface area contributed by atoms with Crippen LogP contribution in [0.15, 0.2) is 42.5 Å². The highest BCUT2D eigenvalue weighted by molar-refractivity contribution is 6.33. The number of nitrogens with one attached hydrogen (secondary N) is 2. The zero-order chi connectivity index (χ0) is 20.3. The minimum absolute atomic E-state index is 0.374. The van der Waals surface area contributed by atoms with E-state index >= 15 is 0 Å². The Hall–Kier alpha value is -3.12. The van der Waals surface area contributed by atoms with Crippen LogP contribution < -0.4 is 10.6 Å². The minimum atomic E-state index is -0.374. The number of aromatic nitrogens is 2. The van der Waals surface area contributed by atoms with E-state index in [0.29, 0.717) is 22.4 Å². The molecule has 7 heteroatoms. The maximum Gasteiger partial charge on any atom is 0.337 e. The number of anilines is 4. The molecule has 0 radical (unpaired) electrons. The summed E-state index contributed by atoms with van der Waals surface area (Å²) in [6.07, 6.45) is 0. The van der Waals surface area contributed by atoms with E-state index in [2.05, 4.69) is 20.6 Å². The lowest BCUT2D eigenvalue weighted by molar-refractivity contribution is 0.0601. The second kappa shape index (κ2) is 8.27. The Morgan fingerprint density at radius 2 is 1.71 bits per heavy atom. The van der Waals surface area contributed by atoms with Crippen molar-refractivity contribution in [3.8, 4) is 0 Å². The van der Waals surface area contributed by atoms with Crippen LogP contribution in [0.5, 0.6) is 0 Å². The van der Waals surface area contributed by atoms with E-state index in [-0.39, 0.29) is 5.97 Å². The molecule has 0 saturated heterocycles. The molecule has 0 amide bonds. The number of hydrogen-bond acceptors (Lipinski definition) is 6. The molecule has 0 aliphatic heterocycles. The van der Waals surface area contributed by atoms with Crippen molar-refractivity contribution in [3.05, 3.63) is 69.9 Å². The molecule has 3 rings (SSSR count). The number of ether oxygens (including phenoxy) is 1. The molecule has 6 nitrogen and oxygen atoms in total. The number of halogens is 1. The van der Waals surface area contributed by atoms with Crippen molar-refractivity contribution in [3.63, 3.8) is 0 Å². The maximum atomic E-state index is 11.5. The second-order valence-electron chi connectivity index (χ2n) is 6.48. The van der Waals surface area contributed by atoms with Gasteiger partial charge >= 0.3 is 5.97 Å². The van der Waals surface area contributed by atoms with Crippen LogP contribution in [0.4, 0.5) is 23.1 Å². The van der Waals surface area contributed by atoms with Crippen LogP contribution in [-0.4, -0.2) is 23.0 Å². The molecular formula is C21H21ClN4O2. The summed E-state index contributed by atoms with van der Waals surface area (Å²) in [5.74, 6) is 0.700. The quantitative estimate of drug-likeness (QED) is 0.568. The van der Waals surface area contributed by atoms with Gasteiger partial charge in [0.05, 0.1) is 23.4 Å². The van der Waals surface area contributed by atoms with Crippen molar-refractivity contribution in [2.45, 2.75) is 20.8 Å². The molecule has 144 valence electrons. The number of methoxy groups -OCH3 is 1. The molecule has 0 bridgehead atoms. The van der Waals surface area contributed by atoms with E-state index in [0.717, 1.165) is 28.2 Å². The van der Waals surface area contributed by atoms with Gasteiger partial charge in [-0.15, -0.1) is 0 Å². The van der Waals surface area contributed by atoms with E-state index in [1.807, 2.05) is 39.0 Å². The zero-order valence-electron chi connectivity index (χ0n) is 16.1. The van der Waals surface area contributed by atoms with Crippen molar-refractivity contribution < 1.29 is 9.53 Å². The topological polar surface area (TPSA) is 76.1 Å². The molecule has 2 aromatic carbocycles. The average Bonchev–Trinajstić information content (AvgIpc) is 2.64. The van der Waals surface area contributed by atoms with Gasteiger partial charge in [-0.2, -0.15) is 4.98 Å². The van der Waals surface area contributed by atoms with E-state index in [1.54, 1.807) is 24.3 Å². The third kappa shape index (κ3) is 4.58. The molecule has 0 aliphatic carbocycles. The highest BCUT2D eigenvalue weighted by Crippen LogP contribution is 2.30. The molecule has 2 N–H and O–H groups in total. The highest BCUT2D eigenvalue weighted by atomic mass is 35.5. The number of esters is 1. The van der Waals surface area contributed by atoms with Gasteiger partial charge in [-0.3, -0.25) is 0 Å². The Labute approximate surface area is 168 Å². The Morgan fingerprint density at radius 3 is 2.36 bits per heavy atom. The van der Waals surface area contributed by atoms with Crippen molar-refractivity contribution in [1.82, 2.24) is 9.97 Å². The fourth-order valence-electron chi connectivity index (χ4n) is 2.83. The van der Waals surface area contributed by atoms with Crippen molar-refractivity contribution >= 4 is 40.7 Å². The van der Waals surface area contributed by atoms with Crippen LogP contribution in [0.2, 0.25) is 5.02 Å². The number of aryl methyl sites for hydroxylation is 3. The lowest BCUT2D eigenvalue weighted by Crippen LogP contribution is -2.04. The summed E-state index contributed by atoms with van der Waals surface area (Å²) in [6, 6.07) is 12.7. The summed E-state index contributed by atoms with van der Waals surface area (Å²) in [7, 11) is 1.36. The first-order valence-corrected chi connectivity index (χ1v) is 9.08. The number of benzene rings is 2. The normalized spacial score (nSPS) is 10.5. The molecule has 3 aromatic rings. The van der Waals surface area contributed by atoms with Crippen molar-refractivity contribution in [2.24, 2.45) is 0 Å². The summed E-state index contributed by atoms with van der Waals surface area (Å²) >= 11 is 6.37. The Morgan fingerprint density at radius 1 is 1.00 bits per heavy atom. The first-order valence-electron chi connectivity index (χ1n) is 8.70. The highest BCUT2D eigenvalue weighted by Gasteiger charge is 2.10. The van der Waals surface area contributed by atoms with Gasteiger partial charge in [0, 0.05) is 17.4 Å². The van der Waals surface area contributed by atoms with Crippen LogP contribution in [0.25, 0.3) is 0 Å². The van der Waals surface area contributed by atoms with Gasteiger partial charge < -0.3 is 15.4 Å². The first-order chi connectivity index (χ1) is 13.4. The molecular weight excluding hydrogens is 376 g/mol. The summed E-state index contributed by atoms with van der Waals surface area (Å²) in [4.78, 5) is 20.5. The van der Waals surface area contributed by atoms with Gasteiger partial charge in [0.1, 0.15) is 5.82 Å². The molecule has 0 saturated carbocycles. The number of rotatable bonds is 5. The largest absolute Gasteiger partial charge is 0.465 e. The summed E-state index contributed by atoms with van der Waals surface area (Å²) in [5, 5.41) is 7.05. The minimum Gasteiger partial charge on any atom is -0.465 e. The summed E-state index contributed by atoms with van der Waals surface area (Å²) in [5.41, 5.74) is 4.97. The zero-order valence-corrected chi connectivity index (χ0v) is 16.9. The number of carbonyl (C=O) groups is 1. The SMILES string of the molecule is COC(=O)c1ccc(Nc2cc(C)nc(Nc3c(C)cc(C)cc3Cl)n2)cc1. The van der Waals surface area contributed by atoms with E-state index in [9.17, 15) is 4.79 Å². The Balaban J connectivity index is 1.83. The molecule has 0 unspecified atom stereocenters. The number of hydrogen-bond donors (Lipinski definition) is 2. The first kappa shape index (κ1) is 19.6. The van der Waals surface area contributed by atoms with Gasteiger partial charge in [0.2, 0.25) is 5.95 Å². The Bertz CT molecular complexity index is 996. The predicted octanol–water partition coefficient (Wildman–Crippen LogP) is 5.33. The van der Waals surface area contributed by atoms with Crippen LogP contribution in [0.3, 0.4) is 0 Å². The van der Waals surface area contributed by atoms with Gasteiger partial charge in [0.15, 0.2) is 0 Å². The van der Waals surface area contributed by atoms with Gasteiger partial charge in [-0.25, -0.2) is 9.78 Å². The van der Waals surface area contributed by atoms with Crippen molar-refractivity contribution in [2.75, 3.05) is 17.7 Å². The molecule has 28 heavy (non-hydrogen) atoms. The summed E-state index contributed by atoms with van der Waals surface area (Å²) in [6.45, 7) is 5.88. The smallest absolute Gasteiger partial charge is 0.337 e. The fraction of sp³-hybridized carbons (Fsp3) is 0.190. The lowest BCUT2D eigenvalue weighted by Gasteiger charge is -2.13. The fourth-order valence-corrected chi connectivity index (χ4v) is 3.20. The van der Waals surface area contributed by atoms with Crippen molar-refractivity contribution in [1.29, 1.82) is 0 Å². The molecule has 0 aliphatic rings. The monoisotopic (exact) mass is 396 g/mol. The number of carbonyl (C=O) groups excluding carboxylic acids is 1. The lowest BCUT2D eigenvalue weighted by atomic mass is 10.1. The van der Waals surface area contributed by atoms with Gasteiger partial charge in [-0.1, -0.05) is 17.7 Å². The predicted molar refractivity (Wildman–Crippen MR) is 112 cm³/mol. The second-order valence-corrected chi connectivity index (χ2v) is 6.88. The molecule has 1 heterocycles. The van der Waals surface area contributed by atoms with Crippen LogP contribution in [0, 0.1) is 20.8 Å². The molecule has 0 fully saturated rings. The van der Waals surface area contributed by atoms with E-state index in [4.69, 9.17) is 16.3 Å². The molecule has 0 spiro atoms.